The van der Waals surface area contributed by atoms with E-state index in [1.54, 1.807) is 16.9 Å². The predicted octanol–water partition coefficient (Wildman–Crippen LogP) is 3.68. The fraction of sp³-hybridized carbons (Fsp3) is 0.227. The van der Waals surface area contributed by atoms with Crippen molar-refractivity contribution in [3.05, 3.63) is 77.8 Å². The minimum Gasteiger partial charge on any atom is -0.447 e. The van der Waals surface area contributed by atoms with Crippen LogP contribution in [0.5, 0.6) is 0 Å². The van der Waals surface area contributed by atoms with Gasteiger partial charge in [0.2, 0.25) is 5.89 Å². The number of nitrogens with one attached hydrogen (secondary N) is 1. The molecule has 2 aromatic carbocycles. The molecule has 0 aliphatic carbocycles. The van der Waals surface area contributed by atoms with Gasteiger partial charge in [0, 0.05) is 11.5 Å². The van der Waals surface area contributed by atoms with Gasteiger partial charge in [0.15, 0.2) is 5.82 Å². The summed E-state index contributed by atoms with van der Waals surface area (Å²) in [5.74, 6) is 1.07. The minimum atomic E-state index is -0.234. The maximum atomic E-state index is 12.9. The number of aryl methyl sites for hydroxylation is 1. The van der Waals surface area contributed by atoms with E-state index in [0.717, 1.165) is 22.6 Å². The van der Waals surface area contributed by atoms with E-state index < -0.39 is 0 Å². The molecule has 2 heterocycles. The Kier molecular flexibility index (Phi) is 5.38. The zero-order chi connectivity index (χ0) is 21.1. The first-order chi connectivity index (χ1) is 14.5. The summed E-state index contributed by atoms with van der Waals surface area (Å²) in [5, 5.41) is 14.9. The quantitative estimate of drug-likeness (QED) is 0.528. The first kappa shape index (κ1) is 19.5. The predicted molar refractivity (Wildman–Crippen MR) is 111 cm³/mol. The van der Waals surface area contributed by atoms with Crippen molar-refractivity contribution >= 4 is 5.91 Å². The van der Waals surface area contributed by atoms with Gasteiger partial charge >= 0.3 is 0 Å². The van der Waals surface area contributed by atoms with E-state index in [-0.39, 0.29) is 18.4 Å². The van der Waals surface area contributed by atoms with E-state index in [0.29, 0.717) is 11.5 Å². The fourth-order valence-corrected chi connectivity index (χ4v) is 3.11. The molecule has 8 heteroatoms. The lowest BCUT2D eigenvalue weighted by molar-refractivity contribution is 0.0947. The van der Waals surface area contributed by atoms with Crippen molar-refractivity contribution in [2.75, 3.05) is 0 Å². The van der Waals surface area contributed by atoms with Crippen molar-refractivity contribution in [1.82, 2.24) is 30.5 Å². The van der Waals surface area contributed by atoms with E-state index in [1.165, 1.54) is 11.8 Å². The maximum absolute atomic E-state index is 12.9. The molecule has 1 N–H and O–H groups in total. The molecular weight excluding hydrogens is 380 g/mol. The number of oxazole rings is 1. The summed E-state index contributed by atoms with van der Waals surface area (Å²) in [6.45, 7) is 6.29. The van der Waals surface area contributed by atoms with Crippen molar-refractivity contribution in [3.8, 4) is 16.8 Å². The molecule has 0 atom stereocenters. The summed E-state index contributed by atoms with van der Waals surface area (Å²) in [6, 6.07) is 13.8. The first-order valence-corrected chi connectivity index (χ1v) is 9.68. The monoisotopic (exact) mass is 402 g/mol. The van der Waals surface area contributed by atoms with E-state index in [4.69, 9.17) is 4.42 Å². The number of amides is 1. The molecule has 0 spiro atoms. The van der Waals surface area contributed by atoms with Crippen LogP contribution < -0.4 is 5.32 Å². The zero-order valence-corrected chi connectivity index (χ0v) is 17.0. The van der Waals surface area contributed by atoms with Crippen LogP contribution in [0, 0.1) is 6.92 Å². The Morgan fingerprint density at radius 2 is 1.93 bits per heavy atom. The second-order valence-electron chi connectivity index (χ2n) is 7.35. The molecule has 0 saturated heterocycles. The highest BCUT2D eigenvalue weighted by atomic mass is 16.3. The number of tetrazole rings is 1. The summed E-state index contributed by atoms with van der Waals surface area (Å²) < 4.78 is 6.87. The third-order valence-electron chi connectivity index (χ3n) is 4.70. The summed E-state index contributed by atoms with van der Waals surface area (Å²) in [7, 11) is 0. The van der Waals surface area contributed by atoms with Gasteiger partial charge in [0.05, 0.1) is 18.4 Å². The van der Waals surface area contributed by atoms with Crippen molar-refractivity contribution in [3.63, 3.8) is 0 Å². The third-order valence-corrected chi connectivity index (χ3v) is 4.70. The smallest absolute Gasteiger partial charge is 0.251 e. The van der Waals surface area contributed by atoms with Crippen LogP contribution in [0.15, 0.2) is 59.3 Å². The Bertz CT molecular complexity index is 1150. The molecule has 30 heavy (non-hydrogen) atoms. The molecule has 8 nitrogen and oxygen atoms in total. The number of aromatic nitrogens is 5. The molecule has 4 aromatic rings. The van der Waals surface area contributed by atoms with Crippen LogP contribution in [-0.4, -0.2) is 31.1 Å². The van der Waals surface area contributed by atoms with Gasteiger partial charge in [0.1, 0.15) is 6.26 Å². The Balaban J connectivity index is 1.74. The van der Waals surface area contributed by atoms with Crippen molar-refractivity contribution in [2.45, 2.75) is 33.2 Å². The summed E-state index contributed by atoms with van der Waals surface area (Å²) in [6.07, 6.45) is 3.02. The minimum absolute atomic E-state index is 0.130. The van der Waals surface area contributed by atoms with Gasteiger partial charge < -0.3 is 9.73 Å². The molecule has 4 rings (SSSR count). The summed E-state index contributed by atoms with van der Waals surface area (Å²) >= 11 is 0. The van der Waals surface area contributed by atoms with Crippen LogP contribution in [0.3, 0.4) is 0 Å². The van der Waals surface area contributed by atoms with E-state index in [1.807, 2.05) is 57.2 Å². The number of hydrogen-bond donors (Lipinski definition) is 1. The van der Waals surface area contributed by atoms with E-state index >= 15 is 0 Å². The van der Waals surface area contributed by atoms with Crippen LogP contribution in [-0.2, 0) is 6.54 Å². The van der Waals surface area contributed by atoms with Gasteiger partial charge in [-0.2, -0.15) is 4.68 Å². The number of nitrogens with zero attached hydrogens (tertiary/aromatic N) is 5. The van der Waals surface area contributed by atoms with Crippen LogP contribution >= 0.6 is 0 Å². The highest BCUT2D eigenvalue weighted by molar-refractivity contribution is 5.96. The average molecular weight is 402 g/mol. The summed E-state index contributed by atoms with van der Waals surface area (Å²) in [4.78, 5) is 16.9. The second-order valence-corrected chi connectivity index (χ2v) is 7.35. The Hall–Kier alpha value is -3.81. The Labute approximate surface area is 174 Å². The normalized spacial score (nSPS) is 11.1. The van der Waals surface area contributed by atoms with Crippen LogP contribution in [0.1, 0.15) is 47.4 Å². The number of benzene rings is 2. The molecular formula is C22H22N6O2. The number of hydrogen-bond acceptors (Lipinski definition) is 6. The highest BCUT2D eigenvalue weighted by Gasteiger charge is 2.16. The Morgan fingerprint density at radius 3 is 2.63 bits per heavy atom. The van der Waals surface area contributed by atoms with Gasteiger partial charge in [-0.1, -0.05) is 43.7 Å². The lowest BCUT2D eigenvalue weighted by Gasteiger charge is -2.12. The second kappa shape index (κ2) is 8.28. The lowest BCUT2D eigenvalue weighted by Crippen LogP contribution is -2.23. The van der Waals surface area contributed by atoms with Crippen molar-refractivity contribution in [2.24, 2.45) is 0 Å². The van der Waals surface area contributed by atoms with E-state index in [2.05, 4.69) is 25.8 Å². The molecule has 0 radical (unpaired) electrons. The molecule has 0 aliphatic heterocycles. The molecule has 0 fully saturated rings. The fourth-order valence-electron chi connectivity index (χ4n) is 3.11. The number of rotatable bonds is 6. The van der Waals surface area contributed by atoms with Gasteiger partial charge in [-0.15, -0.1) is 5.10 Å². The molecule has 0 unspecified atom stereocenters. The maximum Gasteiger partial charge on any atom is 0.251 e. The Morgan fingerprint density at radius 1 is 1.13 bits per heavy atom. The molecule has 0 bridgehead atoms. The first-order valence-electron chi connectivity index (χ1n) is 9.68. The number of carbonyl (C=O) groups excluding carboxylic acids is 1. The van der Waals surface area contributed by atoms with Gasteiger partial charge in [-0.05, 0) is 46.7 Å². The lowest BCUT2D eigenvalue weighted by atomic mass is 10.0. The third kappa shape index (κ3) is 4.12. The zero-order valence-electron chi connectivity index (χ0n) is 17.0. The molecule has 0 saturated carbocycles. The molecule has 1 amide bonds. The van der Waals surface area contributed by atoms with Gasteiger partial charge in [-0.3, -0.25) is 4.79 Å². The SMILES string of the molecule is Cc1ccc(-c2cc(C(=O)NCc3ncco3)cc(-n3nnnc3C(C)C)c2)cc1. The molecule has 0 aliphatic rings. The largest absolute Gasteiger partial charge is 0.447 e. The standard InChI is InChI=1S/C22H22N6O2/c1-14(2)21-25-26-27-28(21)19-11-17(16-6-4-15(3)5-7-16)10-18(12-19)22(29)24-13-20-23-8-9-30-20/h4-12,14H,13H2,1-3H3,(H,24,29). The van der Waals surface area contributed by atoms with E-state index in [9.17, 15) is 4.79 Å². The average Bonchev–Trinajstić information content (AvgIpc) is 3.44. The highest BCUT2D eigenvalue weighted by Crippen LogP contribution is 2.26. The van der Waals surface area contributed by atoms with Crippen molar-refractivity contribution in [1.29, 1.82) is 0 Å². The van der Waals surface area contributed by atoms with Gasteiger partial charge in [-0.25, -0.2) is 4.98 Å². The molecule has 2 aromatic heterocycles. The topological polar surface area (TPSA) is 98.7 Å². The summed E-state index contributed by atoms with van der Waals surface area (Å²) in [5.41, 5.74) is 4.30. The van der Waals surface area contributed by atoms with Crippen LogP contribution in [0.25, 0.3) is 16.8 Å². The van der Waals surface area contributed by atoms with Crippen molar-refractivity contribution < 1.29 is 9.21 Å². The number of carbonyl (C=O) groups is 1. The molecule has 152 valence electrons. The van der Waals surface area contributed by atoms with Crippen LogP contribution in [0.4, 0.5) is 0 Å². The van der Waals surface area contributed by atoms with Gasteiger partial charge in [0.25, 0.3) is 5.91 Å². The van der Waals surface area contributed by atoms with Crippen LogP contribution in [0.2, 0.25) is 0 Å².